The highest BCUT2D eigenvalue weighted by Gasteiger charge is 2.23. The summed E-state index contributed by atoms with van der Waals surface area (Å²) in [6.07, 6.45) is -0.913. The van der Waals surface area contributed by atoms with Crippen molar-refractivity contribution in [2.75, 3.05) is 19.4 Å². The van der Waals surface area contributed by atoms with Gasteiger partial charge < -0.3 is 20.1 Å². The minimum Gasteiger partial charge on any atom is -0.468 e. The van der Waals surface area contributed by atoms with Crippen LogP contribution in [-0.2, 0) is 28.9 Å². The molecule has 0 aliphatic heterocycles. The molecule has 0 bridgehead atoms. The maximum atomic E-state index is 12.2. The van der Waals surface area contributed by atoms with Crippen molar-refractivity contribution in [2.24, 2.45) is 0 Å². The smallest absolute Gasteiger partial charge is 0.408 e. The Labute approximate surface area is 171 Å². The first-order chi connectivity index (χ1) is 13.4. The Kier molecular flexibility index (Phi) is 8.62. The number of carbonyl (C=O) groups is 3. The first-order valence-corrected chi connectivity index (χ1v) is 10.7. The van der Waals surface area contributed by atoms with Crippen molar-refractivity contribution in [3.05, 3.63) is 29.8 Å². The second-order valence-corrected chi connectivity index (χ2v) is 9.51. The number of carbonyl (C=O) groups excluding carboxylic acids is 3. The van der Waals surface area contributed by atoms with Gasteiger partial charge in [-0.2, -0.15) is 0 Å². The van der Waals surface area contributed by atoms with Crippen LogP contribution < -0.4 is 10.6 Å². The molecule has 1 atom stereocenters. The van der Waals surface area contributed by atoms with Crippen LogP contribution in [0.15, 0.2) is 29.2 Å². The summed E-state index contributed by atoms with van der Waals surface area (Å²) < 4.78 is 33.6. The molecule has 162 valence electrons. The van der Waals surface area contributed by atoms with E-state index < -0.39 is 39.4 Å². The Morgan fingerprint density at radius 2 is 1.69 bits per heavy atom. The highest BCUT2D eigenvalue weighted by molar-refractivity contribution is 7.91. The molecule has 10 heteroatoms. The number of sulfone groups is 1. The molecular formula is C19H28N2O7S. The highest BCUT2D eigenvalue weighted by Crippen LogP contribution is 2.21. The van der Waals surface area contributed by atoms with Gasteiger partial charge in [0.2, 0.25) is 5.91 Å². The van der Waals surface area contributed by atoms with Gasteiger partial charge in [-0.25, -0.2) is 13.2 Å². The van der Waals surface area contributed by atoms with E-state index in [0.717, 1.165) is 0 Å². The lowest BCUT2D eigenvalue weighted by Crippen LogP contribution is -2.38. The number of alkyl carbamates (subject to hydrolysis) is 1. The van der Waals surface area contributed by atoms with Crippen LogP contribution in [0.3, 0.4) is 0 Å². The third kappa shape index (κ3) is 8.51. The van der Waals surface area contributed by atoms with E-state index in [4.69, 9.17) is 4.74 Å². The number of methoxy groups -OCH3 is 1. The van der Waals surface area contributed by atoms with Gasteiger partial charge in [0.25, 0.3) is 0 Å². The summed E-state index contributed by atoms with van der Waals surface area (Å²) >= 11 is 0. The zero-order valence-electron chi connectivity index (χ0n) is 17.3. The molecular weight excluding hydrogens is 400 g/mol. The van der Waals surface area contributed by atoms with E-state index in [0.29, 0.717) is 5.56 Å². The molecule has 2 amide bonds. The predicted molar refractivity (Wildman–Crippen MR) is 106 cm³/mol. The summed E-state index contributed by atoms with van der Waals surface area (Å²) in [5, 5.41) is 5.01. The van der Waals surface area contributed by atoms with E-state index in [1.54, 1.807) is 27.7 Å². The molecule has 0 aromatic heterocycles. The standard InChI is InChI=1S/C19H28N2O7S/c1-6-29(25,26)14-9-7-13(8-10-14)15(21-18(24)28-19(2,3)4)11-16(22)20-12-17(23)27-5/h7-10,15H,6,11-12H2,1-5H3,(H,20,22)(H,21,24)/t15-/m0/s1. The molecule has 29 heavy (non-hydrogen) atoms. The molecule has 0 saturated carbocycles. The van der Waals surface area contributed by atoms with Gasteiger partial charge in [-0.05, 0) is 38.5 Å². The van der Waals surface area contributed by atoms with Gasteiger partial charge in [-0.15, -0.1) is 0 Å². The first-order valence-electron chi connectivity index (χ1n) is 9.03. The lowest BCUT2D eigenvalue weighted by atomic mass is 10.0. The molecule has 0 unspecified atom stereocenters. The van der Waals surface area contributed by atoms with E-state index in [-0.39, 0.29) is 23.6 Å². The van der Waals surface area contributed by atoms with Gasteiger partial charge >= 0.3 is 12.1 Å². The van der Waals surface area contributed by atoms with Crippen molar-refractivity contribution in [3.63, 3.8) is 0 Å². The van der Waals surface area contributed by atoms with Crippen LogP contribution in [0.25, 0.3) is 0 Å². The Morgan fingerprint density at radius 1 is 1.10 bits per heavy atom. The Balaban J connectivity index is 3.01. The fourth-order valence-corrected chi connectivity index (χ4v) is 3.16. The Morgan fingerprint density at radius 3 is 2.17 bits per heavy atom. The topological polar surface area (TPSA) is 128 Å². The van der Waals surface area contributed by atoms with E-state index in [1.165, 1.54) is 31.4 Å². The number of ether oxygens (including phenoxy) is 2. The molecule has 1 rings (SSSR count). The largest absolute Gasteiger partial charge is 0.468 e. The lowest BCUT2D eigenvalue weighted by molar-refractivity contribution is -0.141. The van der Waals surface area contributed by atoms with Crippen LogP contribution in [-0.4, -0.2) is 51.4 Å². The minimum absolute atomic E-state index is 0.0398. The molecule has 1 aromatic rings. The summed E-state index contributed by atoms with van der Waals surface area (Å²) in [5.74, 6) is -1.15. The first kappa shape index (κ1) is 24.4. The van der Waals surface area contributed by atoms with Crippen LogP contribution >= 0.6 is 0 Å². The number of amides is 2. The molecule has 0 aliphatic rings. The Bertz CT molecular complexity index is 827. The number of benzene rings is 1. The average molecular weight is 429 g/mol. The molecule has 9 nitrogen and oxygen atoms in total. The van der Waals surface area contributed by atoms with Crippen molar-refractivity contribution in [3.8, 4) is 0 Å². The van der Waals surface area contributed by atoms with E-state index in [9.17, 15) is 22.8 Å². The summed E-state index contributed by atoms with van der Waals surface area (Å²) in [5.41, 5.74) is -0.222. The molecule has 0 heterocycles. The normalized spacial score (nSPS) is 12.6. The van der Waals surface area contributed by atoms with Gasteiger partial charge in [0.05, 0.1) is 30.2 Å². The van der Waals surface area contributed by atoms with Crippen LogP contribution in [0, 0.1) is 0 Å². The molecule has 0 saturated heterocycles. The van der Waals surface area contributed by atoms with Crippen LogP contribution in [0.5, 0.6) is 0 Å². The number of hydrogen-bond donors (Lipinski definition) is 2. The van der Waals surface area contributed by atoms with E-state index in [2.05, 4.69) is 15.4 Å². The zero-order chi connectivity index (χ0) is 22.2. The van der Waals surface area contributed by atoms with Gasteiger partial charge in [-0.1, -0.05) is 19.1 Å². The monoisotopic (exact) mass is 428 g/mol. The van der Waals surface area contributed by atoms with Gasteiger partial charge in [0, 0.05) is 0 Å². The molecule has 1 aromatic carbocycles. The third-order valence-corrected chi connectivity index (χ3v) is 5.51. The van der Waals surface area contributed by atoms with Crippen LogP contribution in [0.1, 0.15) is 45.7 Å². The van der Waals surface area contributed by atoms with E-state index >= 15 is 0 Å². The summed E-state index contributed by atoms with van der Waals surface area (Å²) in [7, 11) is -2.17. The van der Waals surface area contributed by atoms with Crippen molar-refractivity contribution >= 4 is 27.8 Å². The van der Waals surface area contributed by atoms with Crippen LogP contribution in [0.2, 0.25) is 0 Å². The van der Waals surface area contributed by atoms with Crippen molar-refractivity contribution < 1.29 is 32.3 Å². The number of hydrogen-bond acceptors (Lipinski definition) is 7. The van der Waals surface area contributed by atoms with Crippen molar-refractivity contribution in [2.45, 2.75) is 50.7 Å². The molecule has 2 N–H and O–H groups in total. The SMILES string of the molecule is CCS(=O)(=O)c1ccc([C@H](CC(=O)NCC(=O)OC)NC(=O)OC(C)(C)C)cc1. The molecule has 0 fully saturated rings. The predicted octanol–water partition coefficient (Wildman–Crippen LogP) is 1.73. The second-order valence-electron chi connectivity index (χ2n) is 7.23. The van der Waals surface area contributed by atoms with Crippen molar-refractivity contribution in [1.29, 1.82) is 0 Å². The number of nitrogens with one attached hydrogen (secondary N) is 2. The highest BCUT2D eigenvalue weighted by atomic mass is 32.2. The quantitative estimate of drug-likeness (QED) is 0.603. The minimum atomic E-state index is -3.37. The third-order valence-electron chi connectivity index (χ3n) is 3.76. The fraction of sp³-hybridized carbons (Fsp3) is 0.526. The summed E-state index contributed by atoms with van der Waals surface area (Å²) in [4.78, 5) is 35.7. The Hall–Kier alpha value is -2.62. The van der Waals surface area contributed by atoms with Gasteiger partial charge in [0.1, 0.15) is 12.1 Å². The lowest BCUT2D eigenvalue weighted by Gasteiger charge is -2.24. The maximum absolute atomic E-state index is 12.2. The van der Waals surface area contributed by atoms with E-state index in [1.807, 2.05) is 0 Å². The second kappa shape index (κ2) is 10.2. The molecule has 0 radical (unpaired) electrons. The number of rotatable bonds is 8. The fourth-order valence-electron chi connectivity index (χ4n) is 2.28. The zero-order valence-corrected chi connectivity index (χ0v) is 18.1. The van der Waals surface area contributed by atoms with Gasteiger partial charge in [-0.3, -0.25) is 9.59 Å². The summed E-state index contributed by atoms with van der Waals surface area (Å²) in [6, 6.07) is 5.10. The molecule has 0 spiro atoms. The number of esters is 1. The molecule has 0 aliphatic carbocycles. The van der Waals surface area contributed by atoms with Crippen molar-refractivity contribution in [1.82, 2.24) is 10.6 Å². The van der Waals surface area contributed by atoms with Crippen LogP contribution in [0.4, 0.5) is 4.79 Å². The van der Waals surface area contributed by atoms with Gasteiger partial charge in [0.15, 0.2) is 9.84 Å². The maximum Gasteiger partial charge on any atom is 0.408 e. The average Bonchev–Trinajstić information content (AvgIpc) is 2.64. The summed E-state index contributed by atoms with van der Waals surface area (Å²) in [6.45, 7) is 6.35.